The van der Waals surface area contributed by atoms with Gasteiger partial charge in [0.2, 0.25) is 11.7 Å². The standard InChI is InChI=1S/C13H18N4O3/c1-17-4-6-18-10(9-17)7-14-8-12-15-13(16-20-12)11-3-2-5-19-11/h2-3,5,10,14H,4,6-9H2,1H3. The molecule has 0 saturated carbocycles. The van der Waals surface area contributed by atoms with Crippen LogP contribution in [0.5, 0.6) is 0 Å². The number of morpholine rings is 1. The summed E-state index contributed by atoms with van der Waals surface area (Å²) in [7, 11) is 2.10. The van der Waals surface area contributed by atoms with Gasteiger partial charge in [0.05, 0.1) is 25.5 Å². The Bertz CT molecular complexity index is 525. The van der Waals surface area contributed by atoms with E-state index >= 15 is 0 Å². The predicted octanol–water partition coefficient (Wildman–Crippen LogP) is 0.750. The lowest BCUT2D eigenvalue weighted by atomic mass is 10.3. The summed E-state index contributed by atoms with van der Waals surface area (Å²) in [4.78, 5) is 6.53. The van der Waals surface area contributed by atoms with E-state index in [2.05, 4.69) is 27.4 Å². The minimum absolute atomic E-state index is 0.209. The van der Waals surface area contributed by atoms with Gasteiger partial charge in [-0.3, -0.25) is 0 Å². The molecule has 1 N–H and O–H groups in total. The fraction of sp³-hybridized carbons (Fsp3) is 0.538. The lowest BCUT2D eigenvalue weighted by molar-refractivity contribution is -0.0184. The number of likely N-dealkylation sites (N-methyl/N-ethyl adjacent to an activating group) is 1. The number of nitrogens with zero attached hydrogens (tertiary/aromatic N) is 3. The van der Waals surface area contributed by atoms with Crippen LogP contribution in [0.2, 0.25) is 0 Å². The van der Waals surface area contributed by atoms with E-state index in [9.17, 15) is 0 Å². The Morgan fingerprint density at radius 3 is 3.25 bits per heavy atom. The SMILES string of the molecule is CN1CCOC(CNCc2nc(-c3ccco3)no2)C1. The molecule has 108 valence electrons. The molecule has 0 amide bonds. The topological polar surface area (TPSA) is 76.6 Å². The van der Waals surface area contributed by atoms with E-state index in [-0.39, 0.29) is 6.10 Å². The average molecular weight is 278 g/mol. The summed E-state index contributed by atoms with van der Waals surface area (Å²) in [5, 5.41) is 7.15. The zero-order valence-electron chi connectivity index (χ0n) is 11.4. The third-order valence-corrected chi connectivity index (χ3v) is 3.20. The zero-order chi connectivity index (χ0) is 13.8. The van der Waals surface area contributed by atoms with E-state index in [1.54, 1.807) is 18.4 Å². The summed E-state index contributed by atoms with van der Waals surface area (Å²) in [6.07, 6.45) is 1.79. The molecular weight excluding hydrogens is 260 g/mol. The fourth-order valence-electron chi connectivity index (χ4n) is 2.16. The van der Waals surface area contributed by atoms with Crippen molar-refractivity contribution in [1.82, 2.24) is 20.4 Å². The number of rotatable bonds is 5. The van der Waals surface area contributed by atoms with Crippen LogP contribution in [0, 0.1) is 0 Å². The molecule has 3 rings (SSSR count). The molecule has 7 nitrogen and oxygen atoms in total. The highest BCUT2D eigenvalue weighted by atomic mass is 16.5. The molecule has 7 heteroatoms. The third kappa shape index (κ3) is 3.24. The number of aromatic nitrogens is 2. The molecule has 0 aliphatic carbocycles. The van der Waals surface area contributed by atoms with E-state index < -0.39 is 0 Å². The molecule has 2 aromatic heterocycles. The molecule has 0 aromatic carbocycles. The molecule has 1 fully saturated rings. The molecule has 20 heavy (non-hydrogen) atoms. The van der Waals surface area contributed by atoms with Crippen LogP contribution in [0.4, 0.5) is 0 Å². The van der Waals surface area contributed by atoms with Gasteiger partial charge >= 0.3 is 0 Å². The van der Waals surface area contributed by atoms with Crippen molar-refractivity contribution in [2.45, 2.75) is 12.6 Å². The first-order chi connectivity index (χ1) is 9.81. The largest absolute Gasteiger partial charge is 0.461 e. The van der Waals surface area contributed by atoms with Crippen molar-refractivity contribution >= 4 is 0 Å². The third-order valence-electron chi connectivity index (χ3n) is 3.20. The first-order valence-electron chi connectivity index (χ1n) is 6.68. The lowest BCUT2D eigenvalue weighted by Crippen LogP contribution is -2.44. The Labute approximate surface area is 116 Å². The Kier molecular flexibility index (Phi) is 4.10. The summed E-state index contributed by atoms with van der Waals surface area (Å²) in [6, 6.07) is 3.59. The van der Waals surface area contributed by atoms with Gasteiger partial charge in [0, 0.05) is 19.6 Å². The van der Waals surface area contributed by atoms with E-state index in [1.807, 2.05) is 0 Å². The highest BCUT2D eigenvalue weighted by molar-refractivity contribution is 5.44. The van der Waals surface area contributed by atoms with Crippen LogP contribution < -0.4 is 5.32 Å². The Morgan fingerprint density at radius 2 is 2.45 bits per heavy atom. The van der Waals surface area contributed by atoms with Crippen LogP contribution in [-0.2, 0) is 11.3 Å². The van der Waals surface area contributed by atoms with Crippen LogP contribution in [0.3, 0.4) is 0 Å². The van der Waals surface area contributed by atoms with Crippen LogP contribution in [0.25, 0.3) is 11.6 Å². The predicted molar refractivity (Wildman–Crippen MR) is 70.9 cm³/mol. The van der Waals surface area contributed by atoms with Crippen molar-refractivity contribution in [3.8, 4) is 11.6 Å². The minimum Gasteiger partial charge on any atom is -0.461 e. The molecular formula is C13H18N4O3. The second-order valence-corrected chi connectivity index (χ2v) is 4.87. The van der Waals surface area contributed by atoms with E-state index in [1.165, 1.54) is 0 Å². The summed E-state index contributed by atoms with van der Waals surface area (Å²) in [6.45, 7) is 4.01. The van der Waals surface area contributed by atoms with Crippen LogP contribution in [0.15, 0.2) is 27.3 Å². The average Bonchev–Trinajstić information content (AvgIpc) is 3.09. The van der Waals surface area contributed by atoms with Gasteiger partial charge < -0.3 is 23.9 Å². The maximum Gasteiger partial charge on any atom is 0.241 e. The normalized spacial score (nSPS) is 20.4. The van der Waals surface area contributed by atoms with E-state index in [0.717, 1.165) is 26.2 Å². The van der Waals surface area contributed by atoms with Gasteiger partial charge in [0.15, 0.2) is 5.76 Å². The maximum atomic E-state index is 5.66. The second-order valence-electron chi connectivity index (χ2n) is 4.87. The Morgan fingerprint density at radius 1 is 1.50 bits per heavy atom. The minimum atomic E-state index is 0.209. The monoisotopic (exact) mass is 278 g/mol. The summed E-state index contributed by atoms with van der Waals surface area (Å²) in [5.41, 5.74) is 0. The molecule has 1 unspecified atom stereocenters. The van der Waals surface area contributed by atoms with Crippen molar-refractivity contribution in [3.05, 3.63) is 24.3 Å². The Hall–Kier alpha value is -1.70. The molecule has 0 bridgehead atoms. The first-order valence-corrected chi connectivity index (χ1v) is 6.68. The van der Waals surface area contributed by atoms with E-state index in [0.29, 0.717) is 24.0 Å². The summed E-state index contributed by atoms with van der Waals surface area (Å²) in [5.74, 6) is 1.62. The van der Waals surface area contributed by atoms with Gasteiger partial charge in [-0.2, -0.15) is 4.98 Å². The van der Waals surface area contributed by atoms with Crippen LogP contribution >= 0.6 is 0 Å². The molecule has 1 atom stereocenters. The van der Waals surface area contributed by atoms with Gasteiger partial charge in [-0.25, -0.2) is 0 Å². The fourth-order valence-corrected chi connectivity index (χ4v) is 2.16. The molecule has 1 aliphatic heterocycles. The Balaban J connectivity index is 1.47. The highest BCUT2D eigenvalue weighted by Gasteiger charge is 2.17. The maximum absolute atomic E-state index is 5.66. The van der Waals surface area contributed by atoms with E-state index in [4.69, 9.17) is 13.7 Å². The van der Waals surface area contributed by atoms with Crippen molar-refractivity contribution in [2.75, 3.05) is 33.3 Å². The first kappa shape index (κ1) is 13.3. The number of nitrogens with one attached hydrogen (secondary N) is 1. The molecule has 0 radical (unpaired) electrons. The van der Waals surface area contributed by atoms with Crippen molar-refractivity contribution in [3.63, 3.8) is 0 Å². The van der Waals surface area contributed by atoms with Crippen molar-refractivity contribution < 1.29 is 13.7 Å². The smallest absolute Gasteiger partial charge is 0.241 e. The van der Waals surface area contributed by atoms with Crippen molar-refractivity contribution in [2.24, 2.45) is 0 Å². The van der Waals surface area contributed by atoms with Gasteiger partial charge in [-0.05, 0) is 19.2 Å². The number of furan rings is 1. The highest BCUT2D eigenvalue weighted by Crippen LogP contribution is 2.15. The van der Waals surface area contributed by atoms with Gasteiger partial charge in [-0.1, -0.05) is 5.16 Å². The van der Waals surface area contributed by atoms with Crippen molar-refractivity contribution in [1.29, 1.82) is 0 Å². The van der Waals surface area contributed by atoms with Gasteiger partial charge in [0.25, 0.3) is 0 Å². The molecule has 1 saturated heterocycles. The number of ether oxygens (including phenoxy) is 1. The molecule has 2 aromatic rings. The van der Waals surface area contributed by atoms with Gasteiger partial charge in [0.1, 0.15) is 0 Å². The molecule has 1 aliphatic rings. The molecule has 3 heterocycles. The van der Waals surface area contributed by atoms with Gasteiger partial charge in [-0.15, -0.1) is 0 Å². The lowest BCUT2D eigenvalue weighted by Gasteiger charge is -2.30. The zero-order valence-corrected chi connectivity index (χ0v) is 11.4. The quantitative estimate of drug-likeness (QED) is 0.864. The summed E-state index contributed by atoms with van der Waals surface area (Å²) >= 11 is 0. The summed E-state index contributed by atoms with van der Waals surface area (Å²) < 4.78 is 16.0. The van der Waals surface area contributed by atoms with Crippen LogP contribution in [0.1, 0.15) is 5.89 Å². The molecule has 0 spiro atoms. The number of hydrogen-bond donors (Lipinski definition) is 1. The second kappa shape index (κ2) is 6.17. The van der Waals surface area contributed by atoms with Crippen LogP contribution in [-0.4, -0.2) is 54.4 Å². The number of hydrogen-bond acceptors (Lipinski definition) is 7.